The number of ether oxygens (including phenoxy) is 1. The predicted molar refractivity (Wildman–Crippen MR) is 77.9 cm³/mol. The first-order valence-electron chi connectivity index (χ1n) is 6.38. The molecule has 0 saturated heterocycles. The van der Waals surface area contributed by atoms with Crippen molar-refractivity contribution in [1.82, 2.24) is 4.72 Å². The number of rotatable bonds is 7. The van der Waals surface area contributed by atoms with Gasteiger partial charge in [0.15, 0.2) is 0 Å². The molecule has 0 aromatic heterocycles. The zero-order chi connectivity index (χ0) is 14.5. The van der Waals surface area contributed by atoms with Gasteiger partial charge >= 0.3 is 0 Å². The van der Waals surface area contributed by atoms with Gasteiger partial charge in [-0.3, -0.25) is 0 Å². The van der Waals surface area contributed by atoms with Crippen LogP contribution in [0.25, 0.3) is 0 Å². The first-order valence-corrected chi connectivity index (χ1v) is 8.04. The van der Waals surface area contributed by atoms with Gasteiger partial charge in [0.25, 0.3) is 0 Å². The molecule has 0 fully saturated rings. The molecule has 1 unspecified atom stereocenters. The molecule has 1 aromatic carbocycles. The Morgan fingerprint density at radius 2 is 1.79 bits per heavy atom. The maximum Gasteiger partial charge on any atom is 0.214 e. The average molecular weight is 285 g/mol. The maximum atomic E-state index is 11.7. The van der Waals surface area contributed by atoms with Gasteiger partial charge in [0.1, 0.15) is 0 Å². The number of nitrogens with one attached hydrogen (secondary N) is 1. The van der Waals surface area contributed by atoms with E-state index in [1.807, 2.05) is 20.8 Å². The van der Waals surface area contributed by atoms with Crippen LogP contribution in [0.4, 0.5) is 0 Å². The molecule has 0 amide bonds. The van der Waals surface area contributed by atoms with Crippen LogP contribution in [0.2, 0.25) is 0 Å². The summed E-state index contributed by atoms with van der Waals surface area (Å²) in [7, 11) is -1.76. The first kappa shape index (κ1) is 16.1. The van der Waals surface area contributed by atoms with Crippen molar-refractivity contribution in [2.24, 2.45) is 0 Å². The van der Waals surface area contributed by atoms with Gasteiger partial charge in [0.2, 0.25) is 10.0 Å². The van der Waals surface area contributed by atoms with Crippen LogP contribution in [0.5, 0.6) is 0 Å². The minimum atomic E-state index is -3.26. The lowest BCUT2D eigenvalue weighted by molar-refractivity contribution is 0.216. The van der Waals surface area contributed by atoms with Gasteiger partial charge in [-0.1, -0.05) is 29.3 Å². The van der Waals surface area contributed by atoms with Gasteiger partial charge in [-0.25, -0.2) is 13.1 Å². The molecule has 0 bridgehead atoms. The quantitative estimate of drug-likeness (QED) is 0.831. The molecule has 0 spiro atoms. The lowest BCUT2D eigenvalue weighted by Crippen LogP contribution is -2.36. The molecule has 1 atom stereocenters. The van der Waals surface area contributed by atoms with E-state index in [0.717, 1.165) is 5.56 Å². The summed E-state index contributed by atoms with van der Waals surface area (Å²) in [6, 6.07) is 6.17. The predicted octanol–water partition coefficient (Wildman–Crippen LogP) is 1.80. The fourth-order valence-corrected chi connectivity index (χ4v) is 3.34. The molecule has 1 rings (SSSR count). The highest BCUT2D eigenvalue weighted by atomic mass is 32.2. The molecule has 0 aliphatic heterocycles. The first-order chi connectivity index (χ1) is 8.82. The average Bonchev–Trinajstić information content (AvgIpc) is 2.23. The van der Waals surface area contributed by atoms with Crippen LogP contribution < -0.4 is 4.72 Å². The Kier molecular flexibility index (Phi) is 5.97. The molecule has 0 radical (unpaired) electrons. The zero-order valence-electron chi connectivity index (χ0n) is 12.1. The Bertz CT molecular complexity index is 491. The van der Waals surface area contributed by atoms with E-state index in [1.165, 1.54) is 18.2 Å². The molecule has 19 heavy (non-hydrogen) atoms. The third kappa shape index (κ3) is 6.18. The van der Waals surface area contributed by atoms with Crippen LogP contribution in [0, 0.1) is 13.8 Å². The largest absolute Gasteiger partial charge is 0.384 e. The van der Waals surface area contributed by atoms with Gasteiger partial charge in [0, 0.05) is 13.2 Å². The smallest absolute Gasteiger partial charge is 0.214 e. The highest BCUT2D eigenvalue weighted by Gasteiger charge is 2.14. The van der Waals surface area contributed by atoms with E-state index >= 15 is 0 Å². The Hall–Kier alpha value is -0.910. The van der Waals surface area contributed by atoms with Gasteiger partial charge in [-0.15, -0.1) is 0 Å². The van der Waals surface area contributed by atoms with E-state index in [0.29, 0.717) is 6.42 Å². The molecular weight excluding hydrogens is 262 g/mol. The van der Waals surface area contributed by atoms with Crippen LogP contribution in [0.1, 0.15) is 23.6 Å². The molecule has 0 aliphatic carbocycles. The zero-order valence-corrected chi connectivity index (χ0v) is 12.9. The van der Waals surface area contributed by atoms with E-state index in [-0.39, 0.29) is 18.4 Å². The van der Waals surface area contributed by atoms with E-state index in [1.54, 1.807) is 0 Å². The summed E-state index contributed by atoms with van der Waals surface area (Å²) in [5.41, 5.74) is 3.55. The van der Waals surface area contributed by atoms with Gasteiger partial charge < -0.3 is 4.74 Å². The molecule has 4 nitrogen and oxygen atoms in total. The van der Waals surface area contributed by atoms with Crippen molar-refractivity contribution < 1.29 is 13.2 Å². The fourth-order valence-electron chi connectivity index (χ4n) is 2.14. The standard InChI is InChI=1S/C14H23NO3S/c1-11-7-12(2)9-14(8-11)10-13(3)15-19(16,17)6-5-18-4/h7-9,13,15H,5-6,10H2,1-4H3. The van der Waals surface area contributed by atoms with Crippen molar-refractivity contribution in [2.45, 2.75) is 33.2 Å². The van der Waals surface area contributed by atoms with Crippen LogP contribution in [0.3, 0.4) is 0 Å². The lowest BCUT2D eigenvalue weighted by atomic mass is 10.0. The molecule has 1 aromatic rings. The van der Waals surface area contributed by atoms with Gasteiger partial charge in [-0.05, 0) is 32.8 Å². The molecule has 0 heterocycles. The van der Waals surface area contributed by atoms with E-state index < -0.39 is 10.0 Å². The Labute approximate surface area is 116 Å². The monoisotopic (exact) mass is 285 g/mol. The Morgan fingerprint density at radius 1 is 1.21 bits per heavy atom. The van der Waals surface area contributed by atoms with Crippen LogP contribution in [0.15, 0.2) is 18.2 Å². The normalized spacial score (nSPS) is 13.5. The molecule has 108 valence electrons. The van der Waals surface area contributed by atoms with Crippen molar-refractivity contribution in [3.63, 3.8) is 0 Å². The summed E-state index contributed by atoms with van der Waals surface area (Å²) in [6.45, 7) is 6.18. The van der Waals surface area contributed by atoms with E-state index in [4.69, 9.17) is 4.74 Å². The van der Waals surface area contributed by atoms with Crippen LogP contribution >= 0.6 is 0 Å². The van der Waals surface area contributed by atoms with Gasteiger partial charge in [-0.2, -0.15) is 0 Å². The molecular formula is C14H23NO3S. The van der Waals surface area contributed by atoms with E-state index in [2.05, 4.69) is 22.9 Å². The second-order valence-electron chi connectivity index (χ2n) is 5.03. The third-order valence-electron chi connectivity index (χ3n) is 2.76. The number of aryl methyl sites for hydroxylation is 2. The third-order valence-corrected chi connectivity index (χ3v) is 4.23. The SMILES string of the molecule is COCCS(=O)(=O)NC(C)Cc1cc(C)cc(C)c1. The van der Waals surface area contributed by atoms with Crippen molar-refractivity contribution >= 4 is 10.0 Å². The lowest BCUT2D eigenvalue weighted by Gasteiger charge is -2.15. The maximum absolute atomic E-state index is 11.7. The second-order valence-corrected chi connectivity index (χ2v) is 6.90. The van der Waals surface area contributed by atoms with Crippen molar-refractivity contribution in [1.29, 1.82) is 0 Å². The summed E-state index contributed by atoms with van der Waals surface area (Å²) in [6.07, 6.45) is 0.689. The van der Waals surface area contributed by atoms with Gasteiger partial charge in [0.05, 0.1) is 12.4 Å². The van der Waals surface area contributed by atoms with Crippen LogP contribution in [-0.4, -0.2) is 33.9 Å². The Morgan fingerprint density at radius 3 is 2.32 bits per heavy atom. The molecule has 0 aliphatic rings. The van der Waals surface area contributed by atoms with Crippen LogP contribution in [-0.2, 0) is 21.2 Å². The Balaban J connectivity index is 2.62. The highest BCUT2D eigenvalue weighted by molar-refractivity contribution is 7.89. The number of hydrogen-bond acceptors (Lipinski definition) is 3. The molecule has 5 heteroatoms. The van der Waals surface area contributed by atoms with Crippen molar-refractivity contribution in [3.05, 3.63) is 34.9 Å². The molecule has 0 saturated carbocycles. The fraction of sp³-hybridized carbons (Fsp3) is 0.571. The summed E-state index contributed by atoms with van der Waals surface area (Å²) in [5.74, 6) is 0.000680. The summed E-state index contributed by atoms with van der Waals surface area (Å²) in [4.78, 5) is 0. The number of sulfonamides is 1. The minimum Gasteiger partial charge on any atom is -0.384 e. The molecule has 1 N–H and O–H groups in total. The van der Waals surface area contributed by atoms with Crippen molar-refractivity contribution in [3.8, 4) is 0 Å². The topological polar surface area (TPSA) is 55.4 Å². The summed E-state index contributed by atoms with van der Waals surface area (Å²) >= 11 is 0. The number of benzene rings is 1. The number of hydrogen-bond donors (Lipinski definition) is 1. The highest BCUT2D eigenvalue weighted by Crippen LogP contribution is 2.11. The second kappa shape index (κ2) is 7.03. The van der Waals surface area contributed by atoms with E-state index in [9.17, 15) is 8.42 Å². The summed E-state index contributed by atoms with van der Waals surface area (Å²) < 4.78 is 30.9. The van der Waals surface area contributed by atoms with Crippen molar-refractivity contribution in [2.75, 3.05) is 19.5 Å². The number of methoxy groups -OCH3 is 1. The minimum absolute atomic E-state index is 0.000680. The summed E-state index contributed by atoms with van der Waals surface area (Å²) in [5, 5.41) is 0.